The van der Waals surface area contributed by atoms with E-state index >= 15 is 0 Å². The minimum absolute atomic E-state index is 0.251. The average molecular weight is 374 g/mol. The summed E-state index contributed by atoms with van der Waals surface area (Å²) in [6.07, 6.45) is 5.83. The first-order valence-electron chi connectivity index (χ1n) is 8.73. The Kier molecular flexibility index (Phi) is 4.44. The SMILES string of the molecule is O=C(Nc1ccncc1)c1nc2c(s1)CCN(C(=O)C1(F)CCC1)CC2. The average Bonchev–Trinajstić information content (AvgIpc) is 2.93. The van der Waals surface area contributed by atoms with E-state index in [4.69, 9.17) is 0 Å². The molecule has 2 amide bonds. The second-order valence-electron chi connectivity index (χ2n) is 6.69. The molecule has 0 atom stereocenters. The number of rotatable bonds is 3. The molecule has 6 nitrogen and oxygen atoms in total. The number of halogens is 1. The van der Waals surface area contributed by atoms with E-state index in [1.807, 2.05) is 0 Å². The van der Waals surface area contributed by atoms with Gasteiger partial charge in [0.05, 0.1) is 5.69 Å². The van der Waals surface area contributed by atoms with Crippen molar-refractivity contribution in [3.63, 3.8) is 0 Å². The summed E-state index contributed by atoms with van der Waals surface area (Å²) >= 11 is 1.35. The number of anilines is 1. The second kappa shape index (κ2) is 6.75. The lowest BCUT2D eigenvalue weighted by Gasteiger charge is -2.36. The van der Waals surface area contributed by atoms with Crippen LogP contribution in [0, 0.1) is 0 Å². The number of thiazole rings is 1. The molecule has 2 aromatic rings. The van der Waals surface area contributed by atoms with E-state index in [-0.39, 0.29) is 11.8 Å². The predicted octanol–water partition coefficient (Wildman–Crippen LogP) is 2.61. The molecule has 136 valence electrons. The molecule has 2 aromatic heterocycles. The van der Waals surface area contributed by atoms with Crippen LogP contribution in [-0.2, 0) is 17.6 Å². The molecule has 26 heavy (non-hydrogen) atoms. The maximum absolute atomic E-state index is 14.4. The number of hydrogen-bond donors (Lipinski definition) is 1. The summed E-state index contributed by atoms with van der Waals surface area (Å²) in [5, 5.41) is 3.21. The number of alkyl halides is 1. The fourth-order valence-corrected chi connectivity index (χ4v) is 4.26. The Morgan fingerprint density at radius 1 is 1.19 bits per heavy atom. The molecular weight excluding hydrogens is 355 g/mol. The van der Waals surface area contributed by atoms with Gasteiger partial charge in [0.1, 0.15) is 0 Å². The number of nitrogens with zero attached hydrogens (tertiary/aromatic N) is 3. The highest BCUT2D eigenvalue weighted by molar-refractivity contribution is 7.13. The van der Waals surface area contributed by atoms with E-state index in [1.54, 1.807) is 29.4 Å². The molecule has 1 fully saturated rings. The standard InChI is InChI=1S/C18H19FN4O2S/c19-18(6-1-7-18)17(25)23-10-4-13-14(5-11-23)26-16(22-13)15(24)21-12-2-8-20-9-3-12/h2-3,8-9H,1,4-7,10-11H2,(H,20,21,24). The molecule has 1 aliphatic carbocycles. The topological polar surface area (TPSA) is 75.2 Å². The molecule has 0 aromatic carbocycles. The summed E-state index contributed by atoms with van der Waals surface area (Å²) in [5.41, 5.74) is -0.145. The molecule has 0 unspecified atom stereocenters. The molecule has 1 aliphatic heterocycles. The molecule has 3 heterocycles. The maximum atomic E-state index is 14.4. The molecule has 0 bridgehead atoms. The Morgan fingerprint density at radius 3 is 2.62 bits per heavy atom. The molecule has 0 spiro atoms. The van der Waals surface area contributed by atoms with Crippen molar-refractivity contribution in [1.82, 2.24) is 14.9 Å². The lowest BCUT2D eigenvalue weighted by molar-refractivity contribution is -0.149. The number of nitrogens with one attached hydrogen (secondary N) is 1. The molecule has 1 N–H and O–H groups in total. The third-order valence-corrected chi connectivity index (χ3v) is 6.11. The summed E-state index contributed by atoms with van der Waals surface area (Å²) < 4.78 is 14.4. The molecule has 8 heteroatoms. The van der Waals surface area contributed by atoms with E-state index in [0.29, 0.717) is 49.5 Å². The van der Waals surface area contributed by atoms with Gasteiger partial charge in [0, 0.05) is 48.9 Å². The van der Waals surface area contributed by atoms with Crippen molar-refractivity contribution in [2.45, 2.75) is 37.8 Å². The zero-order valence-corrected chi connectivity index (χ0v) is 15.0. The van der Waals surface area contributed by atoms with Gasteiger partial charge >= 0.3 is 0 Å². The molecule has 2 aliphatic rings. The van der Waals surface area contributed by atoms with Crippen molar-refractivity contribution in [2.24, 2.45) is 0 Å². The Labute approximate surface area is 154 Å². The highest BCUT2D eigenvalue weighted by Crippen LogP contribution is 2.38. The fourth-order valence-electron chi connectivity index (χ4n) is 3.27. The maximum Gasteiger partial charge on any atom is 0.284 e. The fraction of sp³-hybridized carbons (Fsp3) is 0.444. The van der Waals surface area contributed by atoms with Crippen LogP contribution in [0.2, 0.25) is 0 Å². The largest absolute Gasteiger partial charge is 0.339 e. The van der Waals surface area contributed by atoms with E-state index in [9.17, 15) is 14.0 Å². The van der Waals surface area contributed by atoms with Crippen LogP contribution in [0.15, 0.2) is 24.5 Å². The number of fused-ring (bicyclic) bond motifs is 1. The molecule has 0 saturated heterocycles. The van der Waals surface area contributed by atoms with Crippen molar-refractivity contribution in [2.75, 3.05) is 18.4 Å². The zero-order chi connectivity index (χ0) is 18.1. The summed E-state index contributed by atoms with van der Waals surface area (Å²) in [5.74, 6) is -0.631. The van der Waals surface area contributed by atoms with Crippen molar-refractivity contribution in [1.29, 1.82) is 0 Å². The van der Waals surface area contributed by atoms with E-state index in [0.717, 1.165) is 17.0 Å². The van der Waals surface area contributed by atoms with E-state index in [2.05, 4.69) is 15.3 Å². The molecular formula is C18H19FN4O2S. The van der Waals surface area contributed by atoms with Crippen molar-refractivity contribution < 1.29 is 14.0 Å². The van der Waals surface area contributed by atoms with E-state index < -0.39 is 5.67 Å². The Hall–Kier alpha value is -2.35. The van der Waals surface area contributed by atoms with Crippen LogP contribution in [0.3, 0.4) is 0 Å². The van der Waals surface area contributed by atoms with E-state index in [1.165, 1.54) is 11.3 Å². The number of pyridine rings is 1. The van der Waals surface area contributed by atoms with Gasteiger partial charge in [0.25, 0.3) is 11.8 Å². The van der Waals surface area contributed by atoms with Crippen LogP contribution in [-0.4, -0.2) is 45.4 Å². The number of carbonyl (C=O) groups excluding carboxylic acids is 2. The monoisotopic (exact) mass is 374 g/mol. The second-order valence-corrected chi connectivity index (χ2v) is 7.77. The third-order valence-electron chi connectivity index (χ3n) is 4.95. The first kappa shape index (κ1) is 17.1. The lowest BCUT2D eigenvalue weighted by Crippen LogP contribution is -2.51. The molecule has 1 saturated carbocycles. The van der Waals surface area contributed by atoms with Gasteiger partial charge in [-0.2, -0.15) is 0 Å². The Bertz CT molecular complexity index is 809. The van der Waals surface area contributed by atoms with Crippen molar-refractivity contribution in [3.05, 3.63) is 40.1 Å². The highest BCUT2D eigenvalue weighted by Gasteiger charge is 2.47. The van der Waals surface area contributed by atoms with Crippen LogP contribution in [0.25, 0.3) is 0 Å². The minimum atomic E-state index is -1.65. The van der Waals surface area contributed by atoms with Gasteiger partial charge < -0.3 is 10.2 Å². The Morgan fingerprint density at radius 2 is 1.92 bits per heavy atom. The first-order chi connectivity index (χ1) is 12.5. The summed E-state index contributed by atoms with van der Waals surface area (Å²) in [7, 11) is 0. The Balaban J connectivity index is 1.42. The number of hydrogen-bond acceptors (Lipinski definition) is 5. The predicted molar refractivity (Wildman–Crippen MR) is 96.0 cm³/mol. The summed E-state index contributed by atoms with van der Waals surface area (Å²) in [4.78, 5) is 35.7. The number of carbonyl (C=O) groups is 2. The van der Waals surface area contributed by atoms with Gasteiger partial charge in [-0.15, -0.1) is 11.3 Å². The van der Waals surface area contributed by atoms with Crippen LogP contribution in [0.4, 0.5) is 10.1 Å². The van der Waals surface area contributed by atoms with Gasteiger partial charge in [-0.25, -0.2) is 9.37 Å². The van der Waals surface area contributed by atoms with Gasteiger partial charge in [0.15, 0.2) is 10.7 Å². The molecule has 0 radical (unpaired) electrons. The quantitative estimate of drug-likeness (QED) is 0.896. The van der Waals surface area contributed by atoms with Crippen LogP contribution < -0.4 is 5.32 Å². The third kappa shape index (κ3) is 3.21. The lowest BCUT2D eigenvalue weighted by atomic mass is 9.81. The summed E-state index contributed by atoms with van der Waals surface area (Å²) in [6.45, 7) is 0.928. The number of aromatic nitrogens is 2. The normalized spacial score (nSPS) is 18.4. The van der Waals surface area contributed by atoms with Gasteiger partial charge in [-0.3, -0.25) is 14.6 Å². The van der Waals surface area contributed by atoms with Crippen molar-refractivity contribution in [3.8, 4) is 0 Å². The van der Waals surface area contributed by atoms with Gasteiger partial charge in [0.2, 0.25) is 0 Å². The summed E-state index contributed by atoms with van der Waals surface area (Å²) in [6, 6.07) is 3.43. The highest BCUT2D eigenvalue weighted by atomic mass is 32.1. The van der Waals surface area contributed by atoms with Gasteiger partial charge in [-0.1, -0.05) is 0 Å². The van der Waals surface area contributed by atoms with Crippen LogP contribution >= 0.6 is 11.3 Å². The van der Waals surface area contributed by atoms with Gasteiger partial charge in [-0.05, 0) is 31.4 Å². The zero-order valence-electron chi connectivity index (χ0n) is 14.2. The smallest absolute Gasteiger partial charge is 0.284 e. The van der Waals surface area contributed by atoms with Crippen LogP contribution in [0.1, 0.15) is 39.6 Å². The first-order valence-corrected chi connectivity index (χ1v) is 9.55. The van der Waals surface area contributed by atoms with Crippen LogP contribution in [0.5, 0.6) is 0 Å². The number of amides is 2. The van der Waals surface area contributed by atoms with Crippen molar-refractivity contribution >= 4 is 28.8 Å². The minimum Gasteiger partial charge on any atom is -0.339 e. The molecule has 4 rings (SSSR count).